The van der Waals surface area contributed by atoms with Crippen LogP contribution in [0.1, 0.15) is 13.8 Å². The molecule has 0 spiro atoms. The van der Waals surface area contributed by atoms with Gasteiger partial charge in [0.25, 0.3) is 0 Å². The minimum absolute atomic E-state index is 0.00859. The highest BCUT2D eigenvalue weighted by molar-refractivity contribution is 6.40. The van der Waals surface area contributed by atoms with Gasteiger partial charge in [-0.25, -0.2) is 0 Å². The summed E-state index contributed by atoms with van der Waals surface area (Å²) >= 11 is 5.72. The van der Waals surface area contributed by atoms with E-state index in [0.717, 1.165) is 0 Å². The van der Waals surface area contributed by atoms with Gasteiger partial charge < -0.3 is 21.1 Å². The minimum Gasteiger partial charge on any atom is -0.506 e. The number of benzene rings is 1. The first-order valence-corrected chi connectivity index (χ1v) is 6.54. The largest absolute Gasteiger partial charge is 0.506 e. The summed E-state index contributed by atoms with van der Waals surface area (Å²) < 4.78 is 0. The van der Waals surface area contributed by atoms with E-state index in [2.05, 4.69) is 16.0 Å². The van der Waals surface area contributed by atoms with Crippen molar-refractivity contribution in [2.24, 2.45) is 0 Å². The molecule has 0 aliphatic rings. The normalized spacial score (nSPS) is 10.1. The van der Waals surface area contributed by atoms with E-state index < -0.39 is 17.7 Å². The van der Waals surface area contributed by atoms with Gasteiger partial charge in [0, 0.05) is 11.1 Å². The molecule has 0 heterocycles. The van der Waals surface area contributed by atoms with Crippen LogP contribution in [0.3, 0.4) is 0 Å². The molecule has 7 nitrogen and oxygen atoms in total. The fourth-order valence-electron chi connectivity index (χ4n) is 1.40. The Bertz CT molecular complexity index is 560. The fraction of sp³-hybridized carbons (Fsp3) is 0.308. The van der Waals surface area contributed by atoms with Crippen LogP contribution in [-0.4, -0.2) is 35.4 Å². The lowest BCUT2D eigenvalue weighted by Crippen LogP contribution is -2.43. The molecular formula is C13H16ClN3O4. The van der Waals surface area contributed by atoms with Crippen molar-refractivity contribution in [1.29, 1.82) is 0 Å². The first-order valence-electron chi connectivity index (χ1n) is 6.16. The Balaban J connectivity index is 2.53. The van der Waals surface area contributed by atoms with Crippen LogP contribution in [0.15, 0.2) is 18.2 Å². The van der Waals surface area contributed by atoms with E-state index in [9.17, 15) is 19.5 Å². The summed E-state index contributed by atoms with van der Waals surface area (Å²) in [6.07, 6.45) is 0. The number of phenolic OH excluding ortho intramolecular Hbond substituents is 1. The summed E-state index contributed by atoms with van der Waals surface area (Å²) in [6.45, 7) is 3.23. The number of hydrogen-bond donors (Lipinski definition) is 4. The first-order chi connectivity index (χ1) is 9.79. The van der Waals surface area contributed by atoms with Crippen LogP contribution < -0.4 is 16.0 Å². The second-order valence-electron chi connectivity index (χ2n) is 4.52. The van der Waals surface area contributed by atoms with Crippen molar-refractivity contribution >= 4 is 35.0 Å². The molecule has 1 rings (SSSR count). The number of anilines is 1. The molecule has 0 aliphatic heterocycles. The molecule has 0 aliphatic carbocycles. The number of halogens is 1. The lowest BCUT2D eigenvalue weighted by Gasteiger charge is -2.10. The number of rotatable bonds is 4. The van der Waals surface area contributed by atoms with Gasteiger partial charge in [0.2, 0.25) is 5.91 Å². The average molecular weight is 314 g/mol. The molecule has 0 saturated carbocycles. The molecule has 4 N–H and O–H groups in total. The summed E-state index contributed by atoms with van der Waals surface area (Å²) in [4.78, 5) is 34.4. The summed E-state index contributed by atoms with van der Waals surface area (Å²) in [7, 11) is 0. The molecular weight excluding hydrogens is 298 g/mol. The Morgan fingerprint density at radius 1 is 1.24 bits per heavy atom. The molecule has 0 atom stereocenters. The van der Waals surface area contributed by atoms with E-state index in [4.69, 9.17) is 11.6 Å². The lowest BCUT2D eigenvalue weighted by atomic mass is 10.3. The smallest absolute Gasteiger partial charge is 0.313 e. The Hall–Kier alpha value is -2.28. The van der Waals surface area contributed by atoms with Gasteiger partial charge in [0.05, 0.1) is 12.2 Å². The van der Waals surface area contributed by atoms with Crippen LogP contribution >= 0.6 is 11.6 Å². The van der Waals surface area contributed by atoms with Gasteiger partial charge in [-0.15, -0.1) is 0 Å². The maximum Gasteiger partial charge on any atom is 0.313 e. The summed E-state index contributed by atoms with van der Waals surface area (Å²) in [6, 6.07) is 3.95. The van der Waals surface area contributed by atoms with Crippen LogP contribution in [0, 0.1) is 0 Å². The predicted molar refractivity (Wildman–Crippen MR) is 78.0 cm³/mol. The second-order valence-corrected chi connectivity index (χ2v) is 4.96. The van der Waals surface area contributed by atoms with Gasteiger partial charge in [0.1, 0.15) is 5.75 Å². The lowest BCUT2D eigenvalue weighted by molar-refractivity contribution is -0.136. The minimum atomic E-state index is -1.01. The molecule has 0 saturated heterocycles. The zero-order chi connectivity index (χ0) is 16.0. The third-order valence-electron chi connectivity index (χ3n) is 2.27. The highest BCUT2D eigenvalue weighted by Crippen LogP contribution is 2.26. The number of carbonyl (C=O) groups excluding carboxylic acids is 3. The van der Waals surface area contributed by atoms with Gasteiger partial charge >= 0.3 is 11.8 Å². The second kappa shape index (κ2) is 7.49. The SMILES string of the molecule is CC(C)NC(=O)CNC(=O)C(=O)Nc1cc(Cl)ccc1O. The van der Waals surface area contributed by atoms with Crippen molar-refractivity contribution in [3.8, 4) is 5.75 Å². The third kappa shape index (κ3) is 5.70. The predicted octanol–water partition coefficient (Wildman–Crippen LogP) is 0.625. The van der Waals surface area contributed by atoms with E-state index in [-0.39, 0.29) is 24.0 Å². The highest BCUT2D eigenvalue weighted by Gasteiger charge is 2.16. The molecule has 1 aromatic rings. The Morgan fingerprint density at radius 2 is 1.90 bits per heavy atom. The monoisotopic (exact) mass is 313 g/mol. The van der Waals surface area contributed by atoms with Crippen LogP contribution in [0.2, 0.25) is 5.02 Å². The number of amides is 3. The molecule has 0 fully saturated rings. The number of carbonyl (C=O) groups is 3. The van der Waals surface area contributed by atoms with Crippen LogP contribution in [0.25, 0.3) is 0 Å². The molecule has 8 heteroatoms. The number of aromatic hydroxyl groups is 1. The van der Waals surface area contributed by atoms with Crippen LogP contribution in [0.5, 0.6) is 5.75 Å². The molecule has 0 radical (unpaired) electrons. The molecule has 0 unspecified atom stereocenters. The van der Waals surface area contributed by atoms with Gasteiger partial charge in [0.15, 0.2) is 0 Å². The van der Waals surface area contributed by atoms with Crippen molar-refractivity contribution in [2.75, 3.05) is 11.9 Å². The zero-order valence-corrected chi connectivity index (χ0v) is 12.3. The number of phenols is 1. The number of hydrogen-bond acceptors (Lipinski definition) is 4. The fourth-order valence-corrected chi connectivity index (χ4v) is 1.57. The Kier molecular flexibility index (Phi) is 5.98. The molecule has 1 aromatic carbocycles. The zero-order valence-electron chi connectivity index (χ0n) is 11.6. The average Bonchev–Trinajstić information content (AvgIpc) is 2.39. The van der Waals surface area contributed by atoms with Gasteiger partial charge in [-0.1, -0.05) is 11.6 Å². The third-order valence-corrected chi connectivity index (χ3v) is 2.51. The molecule has 0 bridgehead atoms. The van der Waals surface area contributed by atoms with Gasteiger partial charge in [-0.3, -0.25) is 14.4 Å². The van der Waals surface area contributed by atoms with E-state index in [0.29, 0.717) is 5.02 Å². The molecule has 114 valence electrons. The van der Waals surface area contributed by atoms with Crippen LogP contribution in [0.4, 0.5) is 5.69 Å². The standard InChI is InChI=1S/C13H16ClN3O4/c1-7(2)16-11(19)6-15-12(20)13(21)17-9-5-8(14)3-4-10(9)18/h3-5,7,18H,6H2,1-2H3,(H,15,20)(H,16,19)(H,17,21). The quantitative estimate of drug-likeness (QED) is 0.483. The van der Waals surface area contributed by atoms with Gasteiger partial charge in [-0.2, -0.15) is 0 Å². The van der Waals surface area contributed by atoms with Crippen molar-refractivity contribution in [3.05, 3.63) is 23.2 Å². The van der Waals surface area contributed by atoms with Crippen molar-refractivity contribution in [2.45, 2.75) is 19.9 Å². The van der Waals surface area contributed by atoms with E-state index in [1.54, 1.807) is 13.8 Å². The maximum atomic E-state index is 11.6. The number of nitrogens with one attached hydrogen (secondary N) is 3. The summed E-state index contributed by atoms with van der Waals surface area (Å²) in [5, 5.41) is 16.7. The van der Waals surface area contributed by atoms with Crippen molar-refractivity contribution < 1.29 is 19.5 Å². The summed E-state index contributed by atoms with van der Waals surface area (Å²) in [5.74, 6) is -2.63. The maximum absolute atomic E-state index is 11.6. The molecule has 21 heavy (non-hydrogen) atoms. The summed E-state index contributed by atoms with van der Waals surface area (Å²) in [5.41, 5.74) is 0.00859. The van der Waals surface area contributed by atoms with Gasteiger partial charge in [-0.05, 0) is 32.0 Å². The molecule has 0 aromatic heterocycles. The highest BCUT2D eigenvalue weighted by atomic mass is 35.5. The first kappa shape index (κ1) is 16.8. The Morgan fingerprint density at radius 3 is 2.52 bits per heavy atom. The van der Waals surface area contributed by atoms with E-state index in [1.165, 1.54) is 18.2 Å². The Labute approximate surface area is 126 Å². The topological polar surface area (TPSA) is 108 Å². The van der Waals surface area contributed by atoms with Crippen molar-refractivity contribution in [1.82, 2.24) is 10.6 Å². The van der Waals surface area contributed by atoms with E-state index >= 15 is 0 Å². The molecule has 3 amide bonds. The van der Waals surface area contributed by atoms with Crippen LogP contribution in [-0.2, 0) is 14.4 Å². The van der Waals surface area contributed by atoms with Crippen molar-refractivity contribution in [3.63, 3.8) is 0 Å². The van der Waals surface area contributed by atoms with E-state index in [1.807, 2.05) is 0 Å².